The van der Waals surface area contributed by atoms with Gasteiger partial charge in [-0.1, -0.05) is 30.3 Å². The smallest absolute Gasteiger partial charge is 0.276 e. The van der Waals surface area contributed by atoms with Gasteiger partial charge in [-0.3, -0.25) is 4.79 Å². The van der Waals surface area contributed by atoms with E-state index in [1.165, 1.54) is 6.92 Å². The van der Waals surface area contributed by atoms with Crippen molar-refractivity contribution in [3.8, 4) is 0 Å². The first-order valence-corrected chi connectivity index (χ1v) is 6.24. The zero-order valence-electron chi connectivity index (χ0n) is 10.5. The number of rotatable bonds is 3. The van der Waals surface area contributed by atoms with Gasteiger partial charge in [-0.2, -0.15) is 5.10 Å². The highest BCUT2D eigenvalue weighted by Crippen LogP contribution is 2.20. The standard InChI is InChI=1S/C14H18N2O2/c1-14(18,11-7-3-2-4-8-11)13(17)16-15-12-9-5-6-10-12/h2-4,7-8,18H,5-6,9-10H2,1H3,(H,16,17). The number of benzene rings is 1. The third kappa shape index (κ3) is 2.76. The lowest BCUT2D eigenvalue weighted by atomic mass is 9.95. The van der Waals surface area contributed by atoms with E-state index < -0.39 is 11.5 Å². The van der Waals surface area contributed by atoms with Gasteiger partial charge in [-0.15, -0.1) is 0 Å². The van der Waals surface area contributed by atoms with Crippen LogP contribution >= 0.6 is 0 Å². The first kappa shape index (κ1) is 12.8. The minimum Gasteiger partial charge on any atom is -0.375 e. The molecule has 2 rings (SSSR count). The number of carbonyl (C=O) groups excluding carboxylic acids is 1. The first-order chi connectivity index (χ1) is 8.60. The van der Waals surface area contributed by atoms with Crippen LogP contribution in [0.1, 0.15) is 38.2 Å². The number of aliphatic hydroxyl groups is 1. The van der Waals surface area contributed by atoms with Gasteiger partial charge in [-0.05, 0) is 38.2 Å². The number of nitrogens with one attached hydrogen (secondary N) is 1. The summed E-state index contributed by atoms with van der Waals surface area (Å²) in [6.45, 7) is 1.48. The zero-order valence-corrected chi connectivity index (χ0v) is 10.5. The number of hydrogen-bond acceptors (Lipinski definition) is 3. The molecule has 1 atom stereocenters. The zero-order chi connectivity index (χ0) is 13.0. The van der Waals surface area contributed by atoms with Crippen LogP contribution < -0.4 is 5.43 Å². The molecular formula is C14H18N2O2. The summed E-state index contributed by atoms with van der Waals surface area (Å²) in [7, 11) is 0. The molecule has 1 aliphatic rings. The molecule has 1 unspecified atom stereocenters. The van der Waals surface area contributed by atoms with Crippen LogP contribution in [0.5, 0.6) is 0 Å². The molecule has 1 saturated carbocycles. The Balaban J connectivity index is 2.05. The van der Waals surface area contributed by atoms with Crippen molar-refractivity contribution in [2.24, 2.45) is 5.10 Å². The van der Waals surface area contributed by atoms with Crippen LogP contribution in [0, 0.1) is 0 Å². The monoisotopic (exact) mass is 246 g/mol. The van der Waals surface area contributed by atoms with Gasteiger partial charge in [-0.25, -0.2) is 5.43 Å². The van der Waals surface area contributed by atoms with E-state index in [4.69, 9.17) is 0 Å². The van der Waals surface area contributed by atoms with Gasteiger partial charge in [0.2, 0.25) is 0 Å². The van der Waals surface area contributed by atoms with Crippen LogP contribution in [-0.4, -0.2) is 16.7 Å². The van der Waals surface area contributed by atoms with E-state index >= 15 is 0 Å². The topological polar surface area (TPSA) is 61.7 Å². The van der Waals surface area contributed by atoms with E-state index in [9.17, 15) is 9.90 Å². The maximum Gasteiger partial charge on any atom is 0.276 e. The van der Waals surface area contributed by atoms with Gasteiger partial charge in [0.05, 0.1) is 0 Å². The fraction of sp³-hybridized carbons (Fsp3) is 0.429. The van der Waals surface area contributed by atoms with Gasteiger partial charge >= 0.3 is 0 Å². The Hall–Kier alpha value is -1.68. The molecule has 0 heterocycles. The second-order valence-corrected chi connectivity index (χ2v) is 4.76. The molecule has 1 aromatic carbocycles. The van der Waals surface area contributed by atoms with Crippen molar-refractivity contribution >= 4 is 11.6 Å². The highest BCUT2D eigenvalue weighted by molar-refractivity contribution is 5.90. The molecule has 0 aliphatic heterocycles. The lowest BCUT2D eigenvalue weighted by Crippen LogP contribution is -2.40. The minimum atomic E-state index is -1.55. The lowest BCUT2D eigenvalue weighted by Gasteiger charge is -2.21. The van der Waals surface area contributed by atoms with E-state index in [0.717, 1.165) is 31.4 Å². The maximum atomic E-state index is 12.0. The average Bonchev–Trinajstić information content (AvgIpc) is 2.90. The first-order valence-electron chi connectivity index (χ1n) is 6.24. The molecule has 0 saturated heterocycles. The molecule has 0 aromatic heterocycles. The van der Waals surface area contributed by atoms with Crippen LogP contribution in [-0.2, 0) is 10.4 Å². The Morgan fingerprint density at radius 2 is 1.89 bits per heavy atom. The molecule has 0 bridgehead atoms. The molecule has 2 N–H and O–H groups in total. The van der Waals surface area contributed by atoms with Crippen molar-refractivity contribution < 1.29 is 9.90 Å². The molecule has 4 heteroatoms. The minimum absolute atomic E-state index is 0.492. The molecule has 18 heavy (non-hydrogen) atoms. The predicted octanol–water partition coefficient (Wildman–Crippen LogP) is 1.94. The summed E-state index contributed by atoms with van der Waals surface area (Å²) in [6, 6.07) is 8.88. The fourth-order valence-electron chi connectivity index (χ4n) is 2.03. The second-order valence-electron chi connectivity index (χ2n) is 4.76. The van der Waals surface area contributed by atoms with Crippen LogP contribution in [0.4, 0.5) is 0 Å². The maximum absolute atomic E-state index is 12.0. The molecule has 0 radical (unpaired) electrons. The third-order valence-electron chi connectivity index (χ3n) is 3.27. The summed E-state index contributed by atoms with van der Waals surface area (Å²) in [6.07, 6.45) is 4.13. The summed E-state index contributed by atoms with van der Waals surface area (Å²) in [4.78, 5) is 12.0. The molecule has 4 nitrogen and oxygen atoms in total. The number of amides is 1. The quantitative estimate of drug-likeness (QED) is 0.801. The molecule has 1 aliphatic carbocycles. The molecular weight excluding hydrogens is 228 g/mol. The van der Waals surface area contributed by atoms with Gasteiger partial charge < -0.3 is 5.11 Å². The van der Waals surface area contributed by atoms with E-state index in [-0.39, 0.29) is 0 Å². The SMILES string of the molecule is CC(O)(C(=O)NN=C1CCCC1)c1ccccc1. The number of carbonyl (C=O) groups is 1. The summed E-state index contributed by atoms with van der Waals surface area (Å²) in [5.41, 5.74) is 2.48. The van der Waals surface area contributed by atoms with Gasteiger partial charge in [0.15, 0.2) is 5.60 Å². The highest BCUT2D eigenvalue weighted by Gasteiger charge is 2.32. The highest BCUT2D eigenvalue weighted by atomic mass is 16.3. The van der Waals surface area contributed by atoms with Crippen molar-refractivity contribution in [2.45, 2.75) is 38.2 Å². The summed E-state index contributed by atoms with van der Waals surface area (Å²) in [5.74, 6) is -0.492. The Kier molecular flexibility index (Phi) is 3.77. The van der Waals surface area contributed by atoms with Crippen molar-refractivity contribution in [3.63, 3.8) is 0 Å². The van der Waals surface area contributed by atoms with Crippen molar-refractivity contribution in [3.05, 3.63) is 35.9 Å². The van der Waals surface area contributed by atoms with Gasteiger partial charge in [0, 0.05) is 5.71 Å². The predicted molar refractivity (Wildman–Crippen MR) is 70.1 cm³/mol. The van der Waals surface area contributed by atoms with Crippen LogP contribution in [0.3, 0.4) is 0 Å². The largest absolute Gasteiger partial charge is 0.375 e. The van der Waals surface area contributed by atoms with E-state index in [1.807, 2.05) is 6.07 Å². The number of hydrazone groups is 1. The van der Waals surface area contributed by atoms with Crippen LogP contribution in [0.25, 0.3) is 0 Å². The number of nitrogens with zero attached hydrogens (tertiary/aromatic N) is 1. The van der Waals surface area contributed by atoms with Crippen molar-refractivity contribution in [1.82, 2.24) is 5.43 Å². The average molecular weight is 246 g/mol. The van der Waals surface area contributed by atoms with E-state index in [2.05, 4.69) is 10.5 Å². The Morgan fingerprint density at radius 1 is 1.28 bits per heavy atom. The molecule has 1 fully saturated rings. The van der Waals surface area contributed by atoms with E-state index in [0.29, 0.717) is 5.56 Å². The van der Waals surface area contributed by atoms with Crippen molar-refractivity contribution in [2.75, 3.05) is 0 Å². The van der Waals surface area contributed by atoms with E-state index in [1.54, 1.807) is 24.3 Å². The third-order valence-corrected chi connectivity index (χ3v) is 3.27. The van der Waals surface area contributed by atoms with Crippen LogP contribution in [0.2, 0.25) is 0 Å². The molecule has 1 aromatic rings. The lowest BCUT2D eigenvalue weighted by molar-refractivity contribution is -0.139. The summed E-state index contributed by atoms with van der Waals surface area (Å²) >= 11 is 0. The molecule has 0 spiro atoms. The van der Waals surface area contributed by atoms with Crippen LogP contribution in [0.15, 0.2) is 35.4 Å². The molecule has 96 valence electrons. The summed E-state index contributed by atoms with van der Waals surface area (Å²) < 4.78 is 0. The van der Waals surface area contributed by atoms with Gasteiger partial charge in [0.1, 0.15) is 0 Å². The summed E-state index contributed by atoms with van der Waals surface area (Å²) in [5, 5.41) is 14.3. The fourth-order valence-corrected chi connectivity index (χ4v) is 2.03. The molecule has 1 amide bonds. The second kappa shape index (κ2) is 5.31. The Labute approximate surface area is 107 Å². The normalized spacial score (nSPS) is 18.2. The van der Waals surface area contributed by atoms with Crippen molar-refractivity contribution in [1.29, 1.82) is 0 Å². The Morgan fingerprint density at radius 3 is 2.50 bits per heavy atom. The Bertz CT molecular complexity index is 444. The number of hydrogen-bond donors (Lipinski definition) is 2. The van der Waals surface area contributed by atoms with Gasteiger partial charge in [0.25, 0.3) is 5.91 Å².